The van der Waals surface area contributed by atoms with Crippen molar-refractivity contribution in [1.82, 2.24) is 14.5 Å². The van der Waals surface area contributed by atoms with Gasteiger partial charge in [-0.25, -0.2) is 8.42 Å². The maximum Gasteiger partial charge on any atom is 0.243 e. The van der Waals surface area contributed by atoms with Gasteiger partial charge in [0.25, 0.3) is 0 Å². The largest absolute Gasteiger partial charge is 0.308 e. The van der Waals surface area contributed by atoms with E-state index in [9.17, 15) is 13.2 Å². The van der Waals surface area contributed by atoms with Gasteiger partial charge >= 0.3 is 0 Å². The Bertz CT molecular complexity index is 1050. The number of ketones is 1. The van der Waals surface area contributed by atoms with Crippen LogP contribution in [0.5, 0.6) is 0 Å². The van der Waals surface area contributed by atoms with E-state index in [1.165, 1.54) is 10.4 Å². The fourth-order valence-corrected chi connectivity index (χ4v) is 6.39. The molecule has 0 saturated carbocycles. The Kier molecular flexibility index (Phi) is 7.63. The zero-order chi connectivity index (χ0) is 22.6. The third kappa shape index (κ3) is 5.24. The first-order chi connectivity index (χ1) is 15.5. The van der Waals surface area contributed by atoms with Gasteiger partial charge < -0.3 is 5.32 Å². The molecule has 0 aromatic heterocycles. The van der Waals surface area contributed by atoms with Crippen molar-refractivity contribution in [2.75, 3.05) is 39.3 Å². The number of rotatable bonds is 9. The van der Waals surface area contributed by atoms with Crippen molar-refractivity contribution in [2.24, 2.45) is 0 Å². The lowest BCUT2D eigenvalue weighted by Crippen LogP contribution is -2.36. The van der Waals surface area contributed by atoms with Crippen molar-refractivity contribution in [3.8, 4) is 0 Å². The van der Waals surface area contributed by atoms with Gasteiger partial charge in [-0.05, 0) is 62.5 Å². The molecule has 2 saturated heterocycles. The van der Waals surface area contributed by atoms with E-state index in [1.807, 2.05) is 24.3 Å². The lowest BCUT2D eigenvalue weighted by Gasteiger charge is -2.29. The molecule has 0 radical (unpaired) electrons. The smallest absolute Gasteiger partial charge is 0.243 e. The Morgan fingerprint density at radius 2 is 1.66 bits per heavy atom. The van der Waals surface area contributed by atoms with Crippen LogP contribution in [-0.2, 0) is 10.0 Å². The quantitative estimate of drug-likeness (QED) is 0.559. The van der Waals surface area contributed by atoms with E-state index in [2.05, 4.69) is 10.2 Å². The molecule has 1 unspecified atom stereocenters. The van der Waals surface area contributed by atoms with Gasteiger partial charge in [0, 0.05) is 36.3 Å². The van der Waals surface area contributed by atoms with Gasteiger partial charge in [0.1, 0.15) is 0 Å². The summed E-state index contributed by atoms with van der Waals surface area (Å²) >= 11 is 6.47. The number of hydrogen-bond acceptors (Lipinski definition) is 5. The van der Waals surface area contributed by atoms with Crippen molar-refractivity contribution < 1.29 is 13.2 Å². The number of halogens is 1. The van der Waals surface area contributed by atoms with Crippen molar-refractivity contribution in [3.63, 3.8) is 0 Å². The summed E-state index contributed by atoms with van der Waals surface area (Å²) in [6.45, 7) is 3.86. The number of likely N-dealkylation sites (tertiary alicyclic amines) is 1. The second kappa shape index (κ2) is 10.4. The van der Waals surface area contributed by atoms with Crippen LogP contribution in [-0.4, -0.2) is 62.7 Å². The molecule has 4 rings (SSSR count). The average molecular weight is 476 g/mol. The number of sulfonamides is 1. The fourth-order valence-electron chi connectivity index (χ4n) is 4.57. The molecule has 0 spiro atoms. The van der Waals surface area contributed by atoms with Crippen LogP contribution in [0.15, 0.2) is 53.4 Å². The van der Waals surface area contributed by atoms with Crippen LogP contribution in [0.1, 0.15) is 47.6 Å². The van der Waals surface area contributed by atoms with E-state index >= 15 is 0 Å². The summed E-state index contributed by atoms with van der Waals surface area (Å²) in [4.78, 5) is 15.4. The maximum atomic E-state index is 12.8. The van der Waals surface area contributed by atoms with Crippen LogP contribution in [0.25, 0.3) is 0 Å². The third-order valence-electron chi connectivity index (χ3n) is 6.33. The van der Waals surface area contributed by atoms with E-state index in [0.29, 0.717) is 25.2 Å². The number of carbonyl (C=O) groups excluding carboxylic acids is 1. The zero-order valence-electron chi connectivity index (χ0n) is 18.2. The molecule has 2 aromatic rings. The molecule has 0 bridgehead atoms. The molecule has 0 aliphatic carbocycles. The molecule has 2 heterocycles. The van der Waals surface area contributed by atoms with E-state index in [-0.39, 0.29) is 23.3 Å². The molecule has 2 fully saturated rings. The van der Waals surface area contributed by atoms with Gasteiger partial charge in [-0.2, -0.15) is 4.31 Å². The fraction of sp³-hybridized carbons (Fsp3) is 0.458. The molecule has 2 aliphatic heterocycles. The predicted molar refractivity (Wildman–Crippen MR) is 127 cm³/mol. The van der Waals surface area contributed by atoms with E-state index in [4.69, 9.17) is 11.6 Å². The molecule has 2 aliphatic rings. The normalized spacial score (nSPS) is 18.8. The lowest BCUT2D eigenvalue weighted by atomic mass is 10.0. The highest BCUT2D eigenvalue weighted by Gasteiger charge is 2.28. The van der Waals surface area contributed by atoms with Crippen LogP contribution in [0.4, 0.5) is 0 Å². The molecular formula is C24H30ClN3O3S. The zero-order valence-corrected chi connectivity index (χ0v) is 19.7. The lowest BCUT2D eigenvalue weighted by molar-refractivity contribution is 0.0987. The average Bonchev–Trinajstić information content (AvgIpc) is 3.52. The van der Waals surface area contributed by atoms with E-state index in [0.717, 1.165) is 49.4 Å². The number of nitrogens with one attached hydrogen (secondary N) is 1. The van der Waals surface area contributed by atoms with Gasteiger partial charge in [0.15, 0.2) is 5.78 Å². The number of hydrogen-bond donors (Lipinski definition) is 1. The molecular weight excluding hydrogens is 446 g/mol. The SMILES string of the molecule is O=C(CNCC(c1ccccc1Cl)N1CCCC1)c1cccc(S(=O)(=O)N2CCCC2)c1. The molecule has 0 amide bonds. The highest BCUT2D eigenvalue weighted by atomic mass is 35.5. The van der Waals surface area contributed by atoms with Crippen molar-refractivity contribution in [2.45, 2.75) is 36.6 Å². The minimum Gasteiger partial charge on any atom is -0.308 e. The second-order valence-electron chi connectivity index (χ2n) is 8.47. The minimum atomic E-state index is -3.54. The molecule has 2 aromatic carbocycles. The molecule has 1 atom stereocenters. The highest BCUT2D eigenvalue weighted by molar-refractivity contribution is 7.89. The van der Waals surface area contributed by atoms with Crippen molar-refractivity contribution in [3.05, 3.63) is 64.7 Å². The van der Waals surface area contributed by atoms with Crippen LogP contribution in [0.2, 0.25) is 5.02 Å². The van der Waals surface area contributed by atoms with Crippen LogP contribution < -0.4 is 5.32 Å². The summed E-state index contributed by atoms with van der Waals surface area (Å²) in [5.74, 6) is -0.122. The summed E-state index contributed by atoms with van der Waals surface area (Å²) in [5.41, 5.74) is 1.47. The summed E-state index contributed by atoms with van der Waals surface area (Å²) in [6, 6.07) is 14.4. The molecule has 8 heteroatoms. The number of benzene rings is 2. The predicted octanol–water partition coefficient (Wildman–Crippen LogP) is 3.73. The third-order valence-corrected chi connectivity index (χ3v) is 8.57. The van der Waals surface area contributed by atoms with Gasteiger partial charge in [0.2, 0.25) is 10.0 Å². The molecule has 6 nitrogen and oxygen atoms in total. The van der Waals surface area contributed by atoms with Crippen LogP contribution >= 0.6 is 11.6 Å². The van der Waals surface area contributed by atoms with Gasteiger partial charge in [-0.15, -0.1) is 0 Å². The van der Waals surface area contributed by atoms with Gasteiger partial charge in [0.05, 0.1) is 11.4 Å². The Hall–Kier alpha value is -1.77. The summed E-state index contributed by atoms with van der Waals surface area (Å²) in [7, 11) is -3.54. The first kappa shape index (κ1) is 23.4. The topological polar surface area (TPSA) is 69.7 Å². The second-order valence-corrected chi connectivity index (χ2v) is 10.8. The summed E-state index contributed by atoms with van der Waals surface area (Å²) < 4.78 is 27.2. The monoisotopic (exact) mass is 475 g/mol. The Labute approximate surface area is 195 Å². The Balaban J connectivity index is 1.42. The van der Waals surface area contributed by atoms with Gasteiger partial charge in [-0.1, -0.05) is 41.9 Å². The molecule has 172 valence electrons. The highest BCUT2D eigenvalue weighted by Crippen LogP contribution is 2.29. The molecule has 1 N–H and O–H groups in total. The molecule has 32 heavy (non-hydrogen) atoms. The number of nitrogens with zero attached hydrogens (tertiary/aromatic N) is 2. The first-order valence-corrected chi connectivity index (χ1v) is 13.1. The summed E-state index contributed by atoms with van der Waals surface area (Å²) in [6.07, 6.45) is 4.09. The van der Waals surface area contributed by atoms with Crippen LogP contribution in [0.3, 0.4) is 0 Å². The Morgan fingerprint density at radius 3 is 2.38 bits per heavy atom. The van der Waals surface area contributed by atoms with Crippen LogP contribution in [0, 0.1) is 0 Å². The van der Waals surface area contributed by atoms with E-state index in [1.54, 1.807) is 18.2 Å². The number of carbonyl (C=O) groups is 1. The maximum absolute atomic E-state index is 12.8. The van der Waals surface area contributed by atoms with Gasteiger partial charge in [-0.3, -0.25) is 9.69 Å². The van der Waals surface area contributed by atoms with Crippen molar-refractivity contribution in [1.29, 1.82) is 0 Å². The minimum absolute atomic E-state index is 0.0980. The summed E-state index contributed by atoms with van der Waals surface area (Å²) in [5, 5.41) is 4.02. The first-order valence-electron chi connectivity index (χ1n) is 11.3. The van der Waals surface area contributed by atoms with Crippen molar-refractivity contribution >= 4 is 27.4 Å². The Morgan fingerprint density at radius 1 is 0.969 bits per heavy atom. The van der Waals surface area contributed by atoms with E-state index < -0.39 is 10.0 Å². The number of Topliss-reactive ketones (excluding diaryl/α,β-unsaturated/α-hetero) is 1. The standard InChI is InChI=1S/C24H30ClN3O3S/c25-22-11-2-1-10-21(22)23(27-12-3-4-13-27)17-26-18-24(29)19-8-7-9-20(16-19)32(30,31)28-14-5-6-15-28/h1-2,7-11,16,23,26H,3-6,12-15,17-18H2.